The van der Waals surface area contributed by atoms with Crippen LogP contribution in [-0.4, -0.2) is 29.0 Å². The Morgan fingerprint density at radius 3 is 2.90 bits per heavy atom. The highest BCUT2D eigenvalue weighted by molar-refractivity contribution is 7.09. The molecule has 0 spiro atoms. The monoisotopic (exact) mass is 287 g/mol. The Hall–Kier alpha value is -1.23. The molecule has 2 aromatic rings. The molecule has 1 aromatic carbocycles. The van der Waals surface area contributed by atoms with Gasteiger partial charge in [-0.15, -0.1) is 11.3 Å². The molecule has 3 rings (SSSR count). The van der Waals surface area contributed by atoms with Gasteiger partial charge in [0, 0.05) is 43.3 Å². The Kier molecular flexibility index (Phi) is 4.45. The van der Waals surface area contributed by atoms with Crippen LogP contribution in [0.25, 0.3) is 0 Å². The third kappa shape index (κ3) is 3.45. The van der Waals surface area contributed by atoms with Crippen LogP contribution in [0.5, 0.6) is 0 Å². The number of nitrogens with one attached hydrogen (secondary N) is 1. The van der Waals surface area contributed by atoms with Gasteiger partial charge in [-0.2, -0.15) is 0 Å². The summed E-state index contributed by atoms with van der Waals surface area (Å²) >= 11 is 1.72. The zero-order valence-corrected chi connectivity index (χ0v) is 12.6. The Labute approximate surface area is 124 Å². The van der Waals surface area contributed by atoms with Gasteiger partial charge in [-0.25, -0.2) is 0 Å². The average molecular weight is 287 g/mol. The van der Waals surface area contributed by atoms with Crippen molar-refractivity contribution in [3.8, 4) is 0 Å². The molecule has 1 aliphatic heterocycles. The Balaban J connectivity index is 1.51. The summed E-state index contributed by atoms with van der Waals surface area (Å²) in [4.78, 5) is 7.99. The second-order valence-electron chi connectivity index (χ2n) is 5.61. The number of rotatable bonds is 5. The molecule has 2 atom stereocenters. The second kappa shape index (κ2) is 6.48. The highest BCUT2D eigenvalue weighted by Gasteiger charge is 2.28. The highest BCUT2D eigenvalue weighted by atomic mass is 32.1. The van der Waals surface area contributed by atoms with Crippen molar-refractivity contribution in [2.75, 3.05) is 13.1 Å². The first-order valence-corrected chi connectivity index (χ1v) is 8.06. The zero-order valence-electron chi connectivity index (χ0n) is 11.8. The molecule has 0 aliphatic carbocycles. The van der Waals surface area contributed by atoms with Crippen LogP contribution in [0, 0.1) is 5.92 Å². The molecule has 1 saturated heterocycles. The van der Waals surface area contributed by atoms with Gasteiger partial charge >= 0.3 is 0 Å². The largest absolute Gasteiger partial charge is 0.307 e. The highest BCUT2D eigenvalue weighted by Crippen LogP contribution is 2.19. The van der Waals surface area contributed by atoms with Crippen molar-refractivity contribution in [2.24, 2.45) is 5.92 Å². The molecule has 1 aromatic heterocycles. The number of benzene rings is 1. The fourth-order valence-electron chi connectivity index (χ4n) is 2.86. The van der Waals surface area contributed by atoms with E-state index in [-0.39, 0.29) is 0 Å². The molecule has 0 unspecified atom stereocenters. The van der Waals surface area contributed by atoms with Crippen molar-refractivity contribution in [1.29, 1.82) is 0 Å². The third-order valence-electron chi connectivity index (χ3n) is 3.96. The van der Waals surface area contributed by atoms with E-state index in [1.54, 1.807) is 11.3 Å². The van der Waals surface area contributed by atoms with E-state index in [0.29, 0.717) is 12.0 Å². The van der Waals surface area contributed by atoms with E-state index in [9.17, 15) is 0 Å². The van der Waals surface area contributed by atoms with Gasteiger partial charge in [0.2, 0.25) is 0 Å². The topological polar surface area (TPSA) is 28.2 Å². The quantitative estimate of drug-likeness (QED) is 0.916. The molecule has 1 N–H and O–H groups in total. The summed E-state index contributed by atoms with van der Waals surface area (Å²) in [5, 5.41) is 3.68. The van der Waals surface area contributed by atoms with Crippen LogP contribution in [0.2, 0.25) is 0 Å². The third-order valence-corrected chi connectivity index (χ3v) is 4.74. The number of hydrogen-bond acceptors (Lipinski definition) is 4. The normalized spacial score (nSPS) is 23.2. The molecule has 1 aliphatic rings. The van der Waals surface area contributed by atoms with Gasteiger partial charge in [0.15, 0.2) is 0 Å². The molecule has 0 bridgehead atoms. The van der Waals surface area contributed by atoms with E-state index >= 15 is 0 Å². The van der Waals surface area contributed by atoms with Crippen molar-refractivity contribution in [2.45, 2.75) is 26.1 Å². The van der Waals surface area contributed by atoms with Gasteiger partial charge in [0.05, 0.1) is 5.51 Å². The van der Waals surface area contributed by atoms with Gasteiger partial charge in [0.1, 0.15) is 0 Å². The first kappa shape index (κ1) is 13.7. The van der Waals surface area contributed by atoms with Crippen molar-refractivity contribution < 1.29 is 0 Å². The summed E-state index contributed by atoms with van der Waals surface area (Å²) in [6.45, 7) is 6.65. The lowest BCUT2D eigenvalue weighted by Crippen LogP contribution is -2.34. The van der Waals surface area contributed by atoms with Crippen LogP contribution < -0.4 is 5.32 Å². The first-order chi connectivity index (χ1) is 9.81. The fourth-order valence-corrected chi connectivity index (χ4v) is 3.41. The van der Waals surface area contributed by atoms with Crippen LogP contribution in [0.1, 0.15) is 17.4 Å². The molecule has 1 fully saturated rings. The van der Waals surface area contributed by atoms with Gasteiger partial charge in [-0.3, -0.25) is 9.88 Å². The lowest BCUT2D eigenvalue weighted by Gasteiger charge is -2.17. The maximum absolute atomic E-state index is 4.13. The predicted octanol–water partition coefficient (Wildman–Crippen LogP) is 2.75. The molecule has 0 amide bonds. The number of thiazole rings is 1. The SMILES string of the molecule is C[C@H]1CN(Cc2ccccc2)C[C@@H]1NCc1cncs1. The molecule has 3 nitrogen and oxygen atoms in total. The van der Waals surface area contributed by atoms with E-state index in [2.05, 4.69) is 52.5 Å². The summed E-state index contributed by atoms with van der Waals surface area (Å²) in [5.41, 5.74) is 3.30. The predicted molar refractivity (Wildman–Crippen MR) is 83.6 cm³/mol. The van der Waals surface area contributed by atoms with Gasteiger partial charge in [-0.05, 0) is 11.5 Å². The molecule has 0 saturated carbocycles. The number of hydrogen-bond donors (Lipinski definition) is 1. The lowest BCUT2D eigenvalue weighted by molar-refractivity contribution is 0.316. The summed E-state index contributed by atoms with van der Waals surface area (Å²) in [6, 6.07) is 11.3. The first-order valence-electron chi connectivity index (χ1n) is 7.18. The van der Waals surface area contributed by atoms with E-state index in [4.69, 9.17) is 0 Å². The van der Waals surface area contributed by atoms with E-state index < -0.39 is 0 Å². The maximum atomic E-state index is 4.13. The second-order valence-corrected chi connectivity index (χ2v) is 6.58. The molecule has 20 heavy (non-hydrogen) atoms. The number of nitrogens with zero attached hydrogens (tertiary/aromatic N) is 2. The maximum Gasteiger partial charge on any atom is 0.0794 e. The van der Waals surface area contributed by atoms with Crippen molar-refractivity contribution in [1.82, 2.24) is 15.2 Å². The Bertz CT molecular complexity index is 512. The minimum absolute atomic E-state index is 0.584. The van der Waals surface area contributed by atoms with E-state index in [1.807, 2.05) is 11.7 Å². The summed E-state index contributed by atoms with van der Waals surface area (Å²) < 4.78 is 0. The average Bonchev–Trinajstić information content (AvgIpc) is 3.08. The molecular formula is C16H21N3S. The minimum Gasteiger partial charge on any atom is -0.307 e. The van der Waals surface area contributed by atoms with Crippen molar-refractivity contribution >= 4 is 11.3 Å². The van der Waals surface area contributed by atoms with Gasteiger partial charge in [-0.1, -0.05) is 37.3 Å². The molecule has 106 valence electrons. The standard InChI is InChI=1S/C16H21N3S/c1-13-9-19(10-14-5-3-2-4-6-14)11-16(13)18-8-15-7-17-12-20-15/h2-7,12-13,16,18H,8-11H2,1H3/t13-,16-/m0/s1. The van der Waals surface area contributed by atoms with Gasteiger partial charge < -0.3 is 5.32 Å². The Morgan fingerprint density at radius 1 is 1.30 bits per heavy atom. The summed E-state index contributed by atoms with van der Waals surface area (Å²) in [7, 11) is 0. The van der Waals surface area contributed by atoms with Crippen molar-refractivity contribution in [3.05, 3.63) is 52.5 Å². The lowest BCUT2D eigenvalue weighted by atomic mass is 10.1. The molecule has 2 heterocycles. The van der Waals surface area contributed by atoms with Gasteiger partial charge in [0.25, 0.3) is 0 Å². The Morgan fingerprint density at radius 2 is 2.15 bits per heavy atom. The summed E-state index contributed by atoms with van der Waals surface area (Å²) in [5.74, 6) is 0.701. The van der Waals surface area contributed by atoms with Crippen LogP contribution >= 0.6 is 11.3 Å². The van der Waals surface area contributed by atoms with Crippen molar-refractivity contribution in [3.63, 3.8) is 0 Å². The number of likely N-dealkylation sites (tertiary alicyclic amines) is 1. The summed E-state index contributed by atoms with van der Waals surface area (Å²) in [6.07, 6.45) is 1.96. The van der Waals surface area contributed by atoms with Crippen LogP contribution in [0.15, 0.2) is 42.0 Å². The molecular weight excluding hydrogens is 266 g/mol. The molecule has 0 radical (unpaired) electrons. The fraction of sp³-hybridized carbons (Fsp3) is 0.438. The smallest absolute Gasteiger partial charge is 0.0794 e. The van der Waals surface area contributed by atoms with Crippen LogP contribution in [-0.2, 0) is 13.1 Å². The van der Waals surface area contributed by atoms with E-state index in [0.717, 1.165) is 19.6 Å². The molecule has 4 heteroatoms. The van der Waals surface area contributed by atoms with Crippen LogP contribution in [0.4, 0.5) is 0 Å². The zero-order chi connectivity index (χ0) is 13.8. The minimum atomic E-state index is 0.584. The number of aromatic nitrogens is 1. The van der Waals surface area contributed by atoms with Crippen LogP contribution in [0.3, 0.4) is 0 Å². The van der Waals surface area contributed by atoms with E-state index in [1.165, 1.54) is 17.0 Å².